The molecule has 1 fully saturated rings. The zero-order chi connectivity index (χ0) is 10.8. The minimum Gasteiger partial charge on any atom is -0.330 e. The Hall–Kier alpha value is -0.610. The van der Waals surface area contributed by atoms with Gasteiger partial charge in [0.05, 0.1) is 0 Å². The highest BCUT2D eigenvalue weighted by Crippen LogP contribution is 2.46. The van der Waals surface area contributed by atoms with Crippen LogP contribution in [0.15, 0.2) is 0 Å². The highest BCUT2D eigenvalue weighted by Gasteiger charge is 2.41. The largest absolute Gasteiger partial charge is 0.330 e. The smallest absolute Gasteiger partial charge is 0.243 e. The van der Waals surface area contributed by atoms with Crippen LogP contribution in [0, 0.1) is 17.3 Å². The summed E-state index contributed by atoms with van der Waals surface area (Å²) >= 11 is 0. The van der Waals surface area contributed by atoms with E-state index in [2.05, 4.69) is 13.8 Å². The Morgan fingerprint density at radius 2 is 2.00 bits per heavy atom. The van der Waals surface area contributed by atoms with Gasteiger partial charge in [0.1, 0.15) is 0 Å². The number of hydroxylamine groups is 1. The highest BCUT2D eigenvalue weighted by atomic mass is 16.5. The minimum atomic E-state index is -0.322. The van der Waals surface area contributed by atoms with Gasteiger partial charge in [-0.05, 0) is 36.6 Å². The van der Waals surface area contributed by atoms with Crippen LogP contribution in [0.25, 0.3) is 0 Å². The molecule has 0 saturated heterocycles. The monoisotopic (exact) mass is 200 g/mol. The number of rotatable bonds is 3. The van der Waals surface area contributed by atoms with Gasteiger partial charge in [-0.3, -0.25) is 10.0 Å². The predicted molar refractivity (Wildman–Crippen MR) is 53.6 cm³/mol. The summed E-state index contributed by atoms with van der Waals surface area (Å²) in [5.41, 5.74) is 7.33. The van der Waals surface area contributed by atoms with E-state index in [1.807, 2.05) is 0 Å². The molecule has 2 unspecified atom stereocenters. The van der Waals surface area contributed by atoms with Crippen molar-refractivity contribution in [2.24, 2.45) is 23.0 Å². The van der Waals surface area contributed by atoms with Gasteiger partial charge in [0, 0.05) is 6.42 Å². The Bertz CT molecular complexity index is 208. The van der Waals surface area contributed by atoms with E-state index >= 15 is 0 Å². The van der Waals surface area contributed by atoms with E-state index in [-0.39, 0.29) is 11.3 Å². The fourth-order valence-corrected chi connectivity index (χ4v) is 2.62. The van der Waals surface area contributed by atoms with Crippen LogP contribution in [-0.2, 0) is 4.79 Å². The first-order valence-electron chi connectivity index (χ1n) is 5.16. The molecule has 4 nitrogen and oxygen atoms in total. The van der Waals surface area contributed by atoms with Gasteiger partial charge in [-0.25, -0.2) is 5.48 Å². The third kappa shape index (κ3) is 2.25. The lowest BCUT2D eigenvalue weighted by atomic mass is 9.81. The van der Waals surface area contributed by atoms with Gasteiger partial charge in [0.2, 0.25) is 5.91 Å². The summed E-state index contributed by atoms with van der Waals surface area (Å²) < 4.78 is 0. The molecule has 1 aliphatic rings. The predicted octanol–water partition coefficient (Wildman–Crippen LogP) is 0.893. The van der Waals surface area contributed by atoms with Gasteiger partial charge in [-0.2, -0.15) is 0 Å². The van der Waals surface area contributed by atoms with Crippen molar-refractivity contribution in [1.82, 2.24) is 5.48 Å². The van der Waals surface area contributed by atoms with Crippen molar-refractivity contribution >= 4 is 5.91 Å². The Morgan fingerprint density at radius 3 is 2.36 bits per heavy atom. The molecule has 0 aromatic rings. The summed E-state index contributed by atoms with van der Waals surface area (Å²) in [6.45, 7) is 4.91. The summed E-state index contributed by atoms with van der Waals surface area (Å²) in [6, 6.07) is 0. The van der Waals surface area contributed by atoms with Gasteiger partial charge in [-0.1, -0.05) is 13.8 Å². The SMILES string of the molecule is CC1CC(CN)(CC(=O)NO)CC1C. The number of nitrogens with two attached hydrogens (primary N) is 1. The van der Waals surface area contributed by atoms with Crippen molar-refractivity contribution in [3.63, 3.8) is 0 Å². The average Bonchev–Trinajstić information content (AvgIpc) is 2.43. The number of hydrogen-bond acceptors (Lipinski definition) is 3. The van der Waals surface area contributed by atoms with Crippen molar-refractivity contribution in [1.29, 1.82) is 0 Å². The second-order valence-electron chi connectivity index (χ2n) is 4.78. The lowest BCUT2D eigenvalue weighted by Gasteiger charge is -2.26. The lowest BCUT2D eigenvalue weighted by molar-refractivity contribution is -0.131. The van der Waals surface area contributed by atoms with Crippen LogP contribution >= 0.6 is 0 Å². The van der Waals surface area contributed by atoms with E-state index in [0.717, 1.165) is 12.8 Å². The van der Waals surface area contributed by atoms with Crippen LogP contribution < -0.4 is 11.2 Å². The van der Waals surface area contributed by atoms with E-state index in [0.29, 0.717) is 24.8 Å². The van der Waals surface area contributed by atoms with Crippen molar-refractivity contribution < 1.29 is 10.0 Å². The van der Waals surface area contributed by atoms with E-state index in [4.69, 9.17) is 10.9 Å². The van der Waals surface area contributed by atoms with Gasteiger partial charge < -0.3 is 5.73 Å². The molecule has 0 aliphatic heterocycles. The number of carbonyl (C=O) groups excluding carboxylic acids is 1. The number of hydrogen-bond donors (Lipinski definition) is 3. The molecule has 0 radical (unpaired) electrons. The maximum Gasteiger partial charge on any atom is 0.243 e. The third-order valence-electron chi connectivity index (χ3n) is 3.57. The molecule has 2 atom stereocenters. The Morgan fingerprint density at radius 1 is 1.50 bits per heavy atom. The molecule has 1 amide bonds. The molecule has 0 aromatic carbocycles. The summed E-state index contributed by atoms with van der Waals surface area (Å²) in [4.78, 5) is 11.1. The molecule has 14 heavy (non-hydrogen) atoms. The molecule has 0 spiro atoms. The van der Waals surface area contributed by atoms with Crippen molar-refractivity contribution in [3.05, 3.63) is 0 Å². The van der Waals surface area contributed by atoms with E-state index < -0.39 is 0 Å². The number of nitrogens with one attached hydrogen (secondary N) is 1. The van der Waals surface area contributed by atoms with Crippen molar-refractivity contribution in [2.45, 2.75) is 33.1 Å². The molecular formula is C10H20N2O2. The van der Waals surface area contributed by atoms with Crippen LogP contribution in [-0.4, -0.2) is 17.7 Å². The van der Waals surface area contributed by atoms with Crippen LogP contribution in [0.4, 0.5) is 0 Å². The number of amides is 1. The van der Waals surface area contributed by atoms with Crippen LogP contribution in [0.1, 0.15) is 33.1 Å². The van der Waals surface area contributed by atoms with Crippen molar-refractivity contribution in [3.8, 4) is 0 Å². The van der Waals surface area contributed by atoms with Gasteiger partial charge in [0.25, 0.3) is 0 Å². The summed E-state index contributed by atoms with van der Waals surface area (Å²) in [7, 11) is 0. The fraction of sp³-hybridized carbons (Fsp3) is 0.900. The zero-order valence-electron chi connectivity index (χ0n) is 8.92. The zero-order valence-corrected chi connectivity index (χ0v) is 8.92. The molecule has 4 N–H and O–H groups in total. The lowest BCUT2D eigenvalue weighted by Crippen LogP contribution is -2.34. The molecule has 82 valence electrons. The Labute approximate surface area is 84.8 Å². The second kappa shape index (κ2) is 4.28. The Kier molecular flexibility index (Phi) is 3.50. The number of carbonyl (C=O) groups is 1. The van der Waals surface area contributed by atoms with E-state index in [1.54, 1.807) is 5.48 Å². The molecule has 0 bridgehead atoms. The molecule has 0 aromatic heterocycles. The van der Waals surface area contributed by atoms with Crippen LogP contribution in [0.5, 0.6) is 0 Å². The highest BCUT2D eigenvalue weighted by molar-refractivity contribution is 5.75. The molecule has 4 heteroatoms. The Balaban J connectivity index is 2.64. The van der Waals surface area contributed by atoms with E-state index in [1.165, 1.54) is 0 Å². The molecule has 0 heterocycles. The molecule has 1 rings (SSSR count). The first-order valence-corrected chi connectivity index (χ1v) is 5.16. The third-order valence-corrected chi connectivity index (χ3v) is 3.57. The molecule has 1 aliphatic carbocycles. The van der Waals surface area contributed by atoms with E-state index in [9.17, 15) is 4.79 Å². The summed E-state index contributed by atoms with van der Waals surface area (Å²) in [6.07, 6.45) is 2.31. The quantitative estimate of drug-likeness (QED) is 0.468. The average molecular weight is 200 g/mol. The molecule has 1 saturated carbocycles. The van der Waals surface area contributed by atoms with Crippen LogP contribution in [0.3, 0.4) is 0 Å². The first-order chi connectivity index (χ1) is 6.53. The standard InChI is InChI=1S/C10H20N2O2/c1-7-3-10(6-11,4-8(7)2)5-9(13)12-14/h7-8,14H,3-6,11H2,1-2H3,(H,12,13). The molecular weight excluding hydrogens is 180 g/mol. The first kappa shape index (κ1) is 11.5. The van der Waals surface area contributed by atoms with Gasteiger partial charge in [0.15, 0.2) is 0 Å². The fourth-order valence-electron chi connectivity index (χ4n) is 2.62. The van der Waals surface area contributed by atoms with Crippen LogP contribution in [0.2, 0.25) is 0 Å². The summed E-state index contributed by atoms with van der Waals surface area (Å²) in [5.74, 6) is 0.909. The maximum absolute atomic E-state index is 11.1. The van der Waals surface area contributed by atoms with Gasteiger partial charge >= 0.3 is 0 Å². The normalized spacial score (nSPS) is 37.1. The topological polar surface area (TPSA) is 75.4 Å². The second-order valence-corrected chi connectivity index (χ2v) is 4.78. The van der Waals surface area contributed by atoms with Gasteiger partial charge in [-0.15, -0.1) is 0 Å². The summed E-state index contributed by atoms with van der Waals surface area (Å²) in [5, 5.41) is 8.50. The minimum absolute atomic E-state index is 0.0916. The van der Waals surface area contributed by atoms with Crippen molar-refractivity contribution in [2.75, 3.05) is 6.54 Å². The maximum atomic E-state index is 11.1.